The van der Waals surface area contributed by atoms with Gasteiger partial charge in [-0.25, -0.2) is 0 Å². The van der Waals surface area contributed by atoms with Gasteiger partial charge in [0.25, 0.3) is 0 Å². The molecule has 3 nitrogen and oxygen atoms in total. The fourth-order valence-corrected chi connectivity index (χ4v) is 2.47. The highest BCUT2D eigenvalue weighted by molar-refractivity contribution is 6.31. The Balaban J connectivity index is 1.87. The predicted molar refractivity (Wildman–Crippen MR) is 74.0 cm³/mol. The number of nitrogens with zero attached hydrogens (tertiary/aromatic N) is 2. The van der Waals surface area contributed by atoms with E-state index in [1.54, 1.807) is 0 Å². The van der Waals surface area contributed by atoms with Crippen molar-refractivity contribution in [3.8, 4) is 0 Å². The molecule has 2 rings (SSSR count). The van der Waals surface area contributed by atoms with Gasteiger partial charge in [0.05, 0.1) is 0 Å². The summed E-state index contributed by atoms with van der Waals surface area (Å²) in [6.45, 7) is 4.07. The Morgan fingerprint density at radius 3 is 2.44 bits per heavy atom. The molecule has 1 aromatic carbocycles. The van der Waals surface area contributed by atoms with E-state index in [4.69, 9.17) is 23.2 Å². The topological polar surface area (TPSA) is 23.6 Å². The summed E-state index contributed by atoms with van der Waals surface area (Å²) in [6, 6.07) is 7.88. The monoisotopic (exact) mass is 286 g/mol. The Morgan fingerprint density at radius 2 is 1.83 bits per heavy atom. The summed E-state index contributed by atoms with van der Waals surface area (Å²) < 4.78 is 0. The molecule has 1 fully saturated rings. The highest BCUT2D eigenvalue weighted by Crippen LogP contribution is 2.17. The molecule has 1 heterocycles. The maximum atomic E-state index is 11.4. The summed E-state index contributed by atoms with van der Waals surface area (Å²) in [4.78, 5) is 15.6. The molecule has 0 N–H and O–H groups in total. The number of piperazine rings is 1. The average molecular weight is 287 g/mol. The van der Waals surface area contributed by atoms with Crippen molar-refractivity contribution in [2.45, 2.75) is 6.54 Å². The van der Waals surface area contributed by atoms with Crippen LogP contribution in [0.1, 0.15) is 5.56 Å². The van der Waals surface area contributed by atoms with Crippen LogP contribution in [0, 0.1) is 0 Å². The van der Waals surface area contributed by atoms with Gasteiger partial charge in [-0.1, -0.05) is 29.8 Å². The molecule has 0 aliphatic carbocycles. The first-order chi connectivity index (χ1) is 8.70. The number of amides is 1. The first-order valence-corrected chi connectivity index (χ1v) is 6.91. The molecule has 1 aliphatic rings. The van der Waals surface area contributed by atoms with Gasteiger partial charge in [0, 0.05) is 37.7 Å². The number of carbonyl (C=O) groups excluding carboxylic acids is 1. The normalized spacial score (nSPS) is 16.9. The number of carbonyl (C=O) groups is 1. The van der Waals surface area contributed by atoms with Crippen molar-refractivity contribution in [3.05, 3.63) is 34.9 Å². The molecule has 0 bridgehead atoms. The molecule has 1 aromatic rings. The van der Waals surface area contributed by atoms with E-state index in [0.29, 0.717) is 0 Å². The first kappa shape index (κ1) is 13.7. The van der Waals surface area contributed by atoms with Crippen LogP contribution in [0.4, 0.5) is 0 Å². The van der Waals surface area contributed by atoms with Crippen LogP contribution in [0.3, 0.4) is 0 Å². The van der Waals surface area contributed by atoms with E-state index in [0.717, 1.165) is 43.3 Å². The summed E-state index contributed by atoms with van der Waals surface area (Å²) in [5.74, 6) is 0.0962. The van der Waals surface area contributed by atoms with E-state index < -0.39 is 0 Å². The van der Waals surface area contributed by atoms with E-state index in [2.05, 4.69) is 4.90 Å². The minimum atomic E-state index is 0.0223. The molecule has 0 radical (unpaired) electrons. The zero-order valence-electron chi connectivity index (χ0n) is 10.1. The van der Waals surface area contributed by atoms with Crippen LogP contribution in [0.5, 0.6) is 0 Å². The lowest BCUT2D eigenvalue weighted by molar-refractivity contribution is -0.130. The third-order valence-corrected chi connectivity index (χ3v) is 3.79. The van der Waals surface area contributed by atoms with Gasteiger partial charge in [-0.3, -0.25) is 9.69 Å². The summed E-state index contributed by atoms with van der Waals surface area (Å²) >= 11 is 11.7. The SMILES string of the molecule is O=C(CCl)N1CCN(Cc2ccccc2Cl)CC1. The number of hydrogen-bond donors (Lipinski definition) is 0. The molecule has 0 atom stereocenters. The quantitative estimate of drug-likeness (QED) is 0.796. The lowest BCUT2D eigenvalue weighted by atomic mass is 10.2. The van der Waals surface area contributed by atoms with Gasteiger partial charge >= 0.3 is 0 Å². The van der Waals surface area contributed by atoms with Gasteiger partial charge < -0.3 is 4.90 Å². The Kier molecular flexibility index (Phi) is 4.87. The lowest BCUT2D eigenvalue weighted by Gasteiger charge is -2.34. The highest BCUT2D eigenvalue weighted by atomic mass is 35.5. The first-order valence-electron chi connectivity index (χ1n) is 6.00. The van der Waals surface area contributed by atoms with Crippen molar-refractivity contribution >= 4 is 29.1 Å². The third kappa shape index (κ3) is 3.37. The summed E-state index contributed by atoms with van der Waals surface area (Å²) in [5.41, 5.74) is 1.14. The third-order valence-electron chi connectivity index (χ3n) is 3.19. The zero-order chi connectivity index (χ0) is 13.0. The smallest absolute Gasteiger partial charge is 0.237 e. The van der Waals surface area contributed by atoms with Crippen LogP contribution < -0.4 is 0 Å². The van der Waals surface area contributed by atoms with Crippen molar-refractivity contribution in [2.24, 2.45) is 0 Å². The highest BCUT2D eigenvalue weighted by Gasteiger charge is 2.20. The molecule has 5 heteroatoms. The number of rotatable bonds is 3. The Labute approximate surface area is 117 Å². The van der Waals surface area contributed by atoms with Crippen molar-refractivity contribution in [1.82, 2.24) is 9.80 Å². The zero-order valence-corrected chi connectivity index (χ0v) is 11.6. The van der Waals surface area contributed by atoms with Gasteiger partial charge in [-0.2, -0.15) is 0 Å². The molecule has 1 amide bonds. The predicted octanol–water partition coefficient (Wildman–Crippen LogP) is 2.22. The number of halogens is 2. The maximum absolute atomic E-state index is 11.4. The molecule has 1 aliphatic heterocycles. The van der Waals surface area contributed by atoms with Crippen LogP contribution >= 0.6 is 23.2 Å². The van der Waals surface area contributed by atoms with Gasteiger partial charge in [0.2, 0.25) is 5.91 Å². The molecule has 0 aromatic heterocycles. The number of hydrogen-bond acceptors (Lipinski definition) is 2. The van der Waals surface area contributed by atoms with Crippen molar-refractivity contribution in [3.63, 3.8) is 0 Å². The summed E-state index contributed by atoms with van der Waals surface area (Å²) in [6.07, 6.45) is 0. The Morgan fingerprint density at radius 1 is 1.17 bits per heavy atom. The molecule has 0 unspecified atom stereocenters. The van der Waals surface area contributed by atoms with E-state index >= 15 is 0 Å². The maximum Gasteiger partial charge on any atom is 0.237 e. The molecular formula is C13H16Cl2N2O. The van der Waals surface area contributed by atoms with Crippen LogP contribution in [0.2, 0.25) is 5.02 Å². The lowest BCUT2D eigenvalue weighted by Crippen LogP contribution is -2.48. The van der Waals surface area contributed by atoms with E-state index in [1.165, 1.54) is 0 Å². The molecule has 0 saturated carbocycles. The second-order valence-corrected chi connectivity index (χ2v) is 5.06. The molecule has 1 saturated heterocycles. The van der Waals surface area contributed by atoms with Crippen LogP contribution in [-0.4, -0.2) is 47.8 Å². The Hall–Kier alpha value is -0.770. The van der Waals surface area contributed by atoms with Gasteiger partial charge in [-0.15, -0.1) is 11.6 Å². The molecule has 98 valence electrons. The fourth-order valence-electron chi connectivity index (χ4n) is 2.11. The van der Waals surface area contributed by atoms with Crippen LogP contribution in [0.15, 0.2) is 24.3 Å². The molecule has 0 spiro atoms. The fraction of sp³-hybridized carbons (Fsp3) is 0.462. The number of alkyl halides is 1. The van der Waals surface area contributed by atoms with Crippen LogP contribution in [0.25, 0.3) is 0 Å². The van der Waals surface area contributed by atoms with Gasteiger partial charge in [0.15, 0.2) is 0 Å². The number of benzene rings is 1. The minimum absolute atomic E-state index is 0.0223. The van der Waals surface area contributed by atoms with Crippen molar-refractivity contribution in [2.75, 3.05) is 32.1 Å². The van der Waals surface area contributed by atoms with Gasteiger partial charge in [0.1, 0.15) is 5.88 Å². The van der Waals surface area contributed by atoms with Crippen molar-refractivity contribution in [1.29, 1.82) is 0 Å². The summed E-state index contributed by atoms with van der Waals surface area (Å²) in [5, 5.41) is 0.803. The summed E-state index contributed by atoms with van der Waals surface area (Å²) in [7, 11) is 0. The standard InChI is InChI=1S/C13H16Cl2N2O/c14-9-13(18)17-7-5-16(6-8-17)10-11-3-1-2-4-12(11)15/h1-4H,5-10H2. The molecular weight excluding hydrogens is 271 g/mol. The molecule has 18 heavy (non-hydrogen) atoms. The second kappa shape index (κ2) is 6.41. The second-order valence-electron chi connectivity index (χ2n) is 4.38. The minimum Gasteiger partial charge on any atom is -0.339 e. The van der Waals surface area contributed by atoms with Crippen LogP contribution in [-0.2, 0) is 11.3 Å². The van der Waals surface area contributed by atoms with E-state index in [-0.39, 0.29) is 11.8 Å². The van der Waals surface area contributed by atoms with E-state index in [1.807, 2.05) is 29.2 Å². The largest absolute Gasteiger partial charge is 0.339 e. The van der Waals surface area contributed by atoms with E-state index in [9.17, 15) is 4.79 Å². The average Bonchev–Trinajstić information content (AvgIpc) is 2.41. The Bertz CT molecular complexity index is 417. The van der Waals surface area contributed by atoms with Gasteiger partial charge in [-0.05, 0) is 11.6 Å². The van der Waals surface area contributed by atoms with Crippen molar-refractivity contribution < 1.29 is 4.79 Å².